The van der Waals surface area contributed by atoms with Gasteiger partial charge in [0.1, 0.15) is 0 Å². The molecule has 3 rings (SSSR count). The second-order valence-corrected chi connectivity index (χ2v) is 4.90. The zero-order valence-corrected chi connectivity index (χ0v) is 12.5. The number of hydrogen-bond donors (Lipinski definition) is 0. The molecule has 3 aromatic rings. The van der Waals surface area contributed by atoms with Gasteiger partial charge in [0.2, 0.25) is 0 Å². The highest BCUT2D eigenvalue weighted by atomic mass is 35.5. The first-order valence-electron chi connectivity index (χ1n) is 6.51. The predicted molar refractivity (Wildman–Crippen MR) is 88.7 cm³/mol. The molecule has 0 N–H and O–H groups in total. The Morgan fingerprint density at radius 1 is 0.739 bits per heavy atom. The van der Waals surface area contributed by atoms with Crippen molar-refractivity contribution in [2.24, 2.45) is 0 Å². The maximum atomic E-state index is 10.2. The van der Waals surface area contributed by atoms with Gasteiger partial charge >= 0.3 is 0 Å². The maximum Gasteiger partial charge on any atom is 0.276 e. The third-order valence-electron chi connectivity index (χ3n) is 2.99. The van der Waals surface area contributed by atoms with Crippen LogP contribution in [-0.2, 0) is 0 Å². The molecule has 0 atom stereocenters. The molecule has 0 aliphatic rings. The largest absolute Gasteiger partial charge is 0.276 e. The molecular formula is C16H11ClN2O4. The van der Waals surface area contributed by atoms with Crippen LogP contribution in [0.5, 0.6) is 0 Å². The molecule has 7 heteroatoms. The van der Waals surface area contributed by atoms with E-state index in [1.54, 1.807) is 0 Å². The van der Waals surface area contributed by atoms with E-state index in [2.05, 4.69) is 12.1 Å². The summed E-state index contributed by atoms with van der Waals surface area (Å²) >= 11 is 5.96. The van der Waals surface area contributed by atoms with Crippen molar-refractivity contribution in [1.29, 1.82) is 0 Å². The Kier molecular flexibility index (Phi) is 5.22. The van der Waals surface area contributed by atoms with Gasteiger partial charge in [-0.2, -0.15) is 0 Å². The Balaban J connectivity index is 0.000000167. The van der Waals surface area contributed by atoms with Crippen LogP contribution in [0, 0.1) is 20.2 Å². The molecule has 0 unspecified atom stereocenters. The summed E-state index contributed by atoms with van der Waals surface area (Å²) in [4.78, 5) is 19.0. The molecule has 0 aromatic heterocycles. The highest BCUT2D eigenvalue weighted by Gasteiger charge is 2.11. The minimum atomic E-state index is -0.674. The molecule has 0 fully saturated rings. The minimum absolute atomic E-state index is 0.274. The highest BCUT2D eigenvalue weighted by molar-refractivity contribution is 6.35. The average molecular weight is 331 g/mol. The van der Waals surface area contributed by atoms with Crippen molar-refractivity contribution >= 4 is 33.7 Å². The van der Waals surface area contributed by atoms with Crippen molar-refractivity contribution in [2.45, 2.75) is 0 Å². The Morgan fingerprint density at radius 3 is 1.83 bits per heavy atom. The SMILES string of the molecule is Clc1cccc2ccccc12.O=[N+]([O-])c1cccc([N+](=O)[O-])c1. The summed E-state index contributed by atoms with van der Waals surface area (Å²) in [5.74, 6) is 0. The number of non-ortho nitro benzene ring substituents is 2. The lowest BCUT2D eigenvalue weighted by Crippen LogP contribution is -1.91. The summed E-state index contributed by atoms with van der Waals surface area (Å²) in [6.07, 6.45) is 0. The molecule has 0 radical (unpaired) electrons. The van der Waals surface area contributed by atoms with E-state index in [4.69, 9.17) is 11.6 Å². The summed E-state index contributed by atoms with van der Waals surface area (Å²) in [5, 5.41) is 23.5. The van der Waals surface area contributed by atoms with E-state index >= 15 is 0 Å². The normalized spacial score (nSPS) is 9.78. The van der Waals surface area contributed by atoms with Crippen LogP contribution in [0.1, 0.15) is 0 Å². The smallest absolute Gasteiger partial charge is 0.258 e. The van der Waals surface area contributed by atoms with Gasteiger partial charge in [-0.15, -0.1) is 0 Å². The van der Waals surface area contributed by atoms with Gasteiger partial charge < -0.3 is 0 Å². The first-order chi connectivity index (χ1) is 11.0. The standard InChI is InChI=1S/C10H7Cl.C6H4N2O4/c11-10-7-3-5-8-4-1-2-6-9(8)10;9-7(10)5-2-1-3-6(4-5)8(11)12/h1-7H;1-4H. The van der Waals surface area contributed by atoms with E-state index in [1.165, 1.54) is 23.6 Å². The van der Waals surface area contributed by atoms with Gasteiger partial charge in [-0.3, -0.25) is 20.2 Å². The van der Waals surface area contributed by atoms with Gasteiger partial charge in [-0.1, -0.05) is 48.0 Å². The molecule has 0 aliphatic heterocycles. The van der Waals surface area contributed by atoms with Crippen molar-refractivity contribution in [3.8, 4) is 0 Å². The number of halogens is 1. The van der Waals surface area contributed by atoms with Crippen LogP contribution in [-0.4, -0.2) is 9.85 Å². The predicted octanol–water partition coefficient (Wildman–Crippen LogP) is 5.00. The summed E-state index contributed by atoms with van der Waals surface area (Å²) in [5.41, 5.74) is -0.548. The van der Waals surface area contributed by atoms with E-state index in [9.17, 15) is 20.2 Å². The van der Waals surface area contributed by atoms with E-state index in [-0.39, 0.29) is 11.4 Å². The van der Waals surface area contributed by atoms with Crippen LogP contribution in [0.2, 0.25) is 5.02 Å². The van der Waals surface area contributed by atoms with Crippen LogP contribution < -0.4 is 0 Å². The van der Waals surface area contributed by atoms with Crippen LogP contribution in [0.15, 0.2) is 66.7 Å². The fraction of sp³-hybridized carbons (Fsp3) is 0. The zero-order chi connectivity index (χ0) is 16.8. The summed E-state index contributed by atoms with van der Waals surface area (Å²) in [6.45, 7) is 0. The van der Waals surface area contributed by atoms with E-state index in [0.29, 0.717) is 0 Å². The fourth-order valence-electron chi connectivity index (χ4n) is 1.91. The van der Waals surface area contributed by atoms with Crippen LogP contribution in [0.3, 0.4) is 0 Å². The molecule has 23 heavy (non-hydrogen) atoms. The van der Waals surface area contributed by atoms with Gasteiger partial charge in [0.15, 0.2) is 0 Å². The lowest BCUT2D eigenvalue weighted by Gasteiger charge is -1.97. The second-order valence-electron chi connectivity index (χ2n) is 4.50. The number of hydrogen-bond acceptors (Lipinski definition) is 4. The molecule has 0 saturated carbocycles. The molecule has 0 heterocycles. The van der Waals surface area contributed by atoms with Gasteiger partial charge in [-0.25, -0.2) is 0 Å². The summed E-state index contributed by atoms with van der Waals surface area (Å²) < 4.78 is 0. The van der Waals surface area contributed by atoms with Crippen molar-refractivity contribution < 1.29 is 9.85 Å². The molecule has 0 aliphatic carbocycles. The van der Waals surface area contributed by atoms with Crippen LogP contribution in [0.25, 0.3) is 10.8 Å². The van der Waals surface area contributed by atoms with E-state index < -0.39 is 9.85 Å². The van der Waals surface area contributed by atoms with E-state index in [1.807, 2.05) is 30.3 Å². The number of nitro benzene ring substituents is 2. The van der Waals surface area contributed by atoms with Crippen molar-refractivity contribution in [3.63, 3.8) is 0 Å². The monoisotopic (exact) mass is 330 g/mol. The Labute approximate surface area is 136 Å². The fourth-order valence-corrected chi connectivity index (χ4v) is 2.15. The molecular weight excluding hydrogens is 320 g/mol. The topological polar surface area (TPSA) is 86.3 Å². The van der Waals surface area contributed by atoms with Gasteiger partial charge in [0, 0.05) is 22.5 Å². The molecule has 3 aromatic carbocycles. The lowest BCUT2D eigenvalue weighted by molar-refractivity contribution is -0.394. The van der Waals surface area contributed by atoms with Crippen molar-refractivity contribution in [2.75, 3.05) is 0 Å². The van der Waals surface area contributed by atoms with Crippen molar-refractivity contribution in [1.82, 2.24) is 0 Å². The van der Waals surface area contributed by atoms with Crippen LogP contribution in [0.4, 0.5) is 11.4 Å². The number of nitro groups is 2. The first-order valence-corrected chi connectivity index (χ1v) is 6.89. The third-order valence-corrected chi connectivity index (χ3v) is 3.32. The van der Waals surface area contributed by atoms with Gasteiger partial charge in [0.05, 0.1) is 15.9 Å². The molecule has 0 amide bonds. The summed E-state index contributed by atoms with van der Waals surface area (Å²) in [7, 11) is 0. The maximum absolute atomic E-state index is 10.2. The minimum Gasteiger partial charge on any atom is -0.258 e. The molecule has 116 valence electrons. The quantitative estimate of drug-likeness (QED) is 0.489. The lowest BCUT2D eigenvalue weighted by atomic mass is 10.1. The second kappa shape index (κ2) is 7.33. The number of fused-ring (bicyclic) bond motifs is 1. The van der Waals surface area contributed by atoms with Gasteiger partial charge in [0.25, 0.3) is 11.4 Å². The molecule has 0 bridgehead atoms. The number of rotatable bonds is 2. The number of benzene rings is 3. The molecule has 0 saturated heterocycles. The van der Waals surface area contributed by atoms with E-state index in [0.717, 1.165) is 16.5 Å². The highest BCUT2D eigenvalue weighted by Crippen LogP contribution is 2.22. The molecule has 0 spiro atoms. The number of nitrogens with zero attached hydrogens (tertiary/aromatic N) is 2. The van der Waals surface area contributed by atoms with Gasteiger partial charge in [-0.05, 0) is 17.5 Å². The third kappa shape index (κ3) is 4.24. The average Bonchev–Trinajstić information content (AvgIpc) is 2.56. The van der Waals surface area contributed by atoms with Crippen molar-refractivity contribution in [3.05, 3.63) is 92.0 Å². The molecule has 6 nitrogen and oxygen atoms in total. The Morgan fingerprint density at radius 2 is 1.26 bits per heavy atom. The van der Waals surface area contributed by atoms with Crippen LogP contribution >= 0.6 is 11.6 Å². The Bertz CT molecular complexity index is 833. The Hall–Kier alpha value is -2.99. The first kappa shape index (κ1) is 16.4. The zero-order valence-electron chi connectivity index (χ0n) is 11.8. The summed E-state index contributed by atoms with van der Waals surface area (Å²) in [6, 6.07) is 18.6.